The number of aliphatic hydroxyl groups is 1. The normalized spacial score (nSPS) is 22.7. The minimum atomic E-state index is -0.896. The molecular formula is C17H18N2O6. The lowest BCUT2D eigenvalue weighted by Crippen LogP contribution is -2.33. The summed E-state index contributed by atoms with van der Waals surface area (Å²) < 4.78 is 12.0. The van der Waals surface area contributed by atoms with Crippen LogP contribution < -0.4 is 11.2 Å². The molecule has 0 spiro atoms. The number of aromatic amines is 1. The van der Waals surface area contributed by atoms with Crippen LogP contribution in [0, 0.1) is 6.92 Å². The Hall–Kier alpha value is -2.71. The third kappa shape index (κ3) is 3.70. The second-order valence-electron chi connectivity index (χ2n) is 5.88. The first-order valence-electron chi connectivity index (χ1n) is 7.83. The Labute approximate surface area is 142 Å². The van der Waals surface area contributed by atoms with Crippen LogP contribution in [-0.4, -0.2) is 39.4 Å². The second-order valence-corrected chi connectivity index (χ2v) is 5.88. The highest BCUT2D eigenvalue weighted by Crippen LogP contribution is 2.27. The Bertz CT molecular complexity index is 873. The van der Waals surface area contributed by atoms with Crippen LogP contribution in [0.3, 0.4) is 0 Å². The summed E-state index contributed by atoms with van der Waals surface area (Å²) in [4.78, 5) is 37.5. The molecule has 1 fully saturated rings. The molecule has 2 aromatic rings. The van der Waals surface area contributed by atoms with Gasteiger partial charge < -0.3 is 14.6 Å². The molecule has 132 valence electrons. The van der Waals surface area contributed by atoms with Crippen LogP contribution in [0.4, 0.5) is 0 Å². The van der Waals surface area contributed by atoms with Crippen molar-refractivity contribution >= 4 is 5.97 Å². The molecule has 3 atom stereocenters. The molecule has 0 amide bonds. The van der Waals surface area contributed by atoms with Gasteiger partial charge in [-0.15, -0.1) is 0 Å². The number of hydrogen-bond donors (Lipinski definition) is 2. The number of carbonyl (C=O) groups is 1. The van der Waals surface area contributed by atoms with E-state index in [4.69, 9.17) is 9.47 Å². The van der Waals surface area contributed by atoms with Gasteiger partial charge in [0.15, 0.2) is 0 Å². The van der Waals surface area contributed by atoms with Crippen molar-refractivity contribution in [2.24, 2.45) is 0 Å². The Balaban J connectivity index is 1.66. The largest absolute Gasteiger partial charge is 0.459 e. The lowest BCUT2D eigenvalue weighted by atomic mass is 10.2. The maximum absolute atomic E-state index is 11.9. The number of aryl methyl sites for hydroxylation is 1. The molecule has 0 unspecified atom stereocenters. The molecule has 2 N–H and O–H groups in total. The summed E-state index contributed by atoms with van der Waals surface area (Å²) in [5, 5.41) is 10.1. The minimum absolute atomic E-state index is 0.136. The number of aliphatic hydroxyl groups excluding tert-OH is 1. The highest BCUT2D eigenvalue weighted by molar-refractivity contribution is 5.89. The van der Waals surface area contributed by atoms with Crippen molar-refractivity contribution in [3.63, 3.8) is 0 Å². The second kappa shape index (κ2) is 7.04. The first-order valence-corrected chi connectivity index (χ1v) is 7.83. The maximum atomic E-state index is 11.9. The van der Waals surface area contributed by atoms with Gasteiger partial charge in [-0.05, 0) is 19.1 Å². The zero-order valence-corrected chi connectivity index (χ0v) is 13.5. The van der Waals surface area contributed by atoms with E-state index in [-0.39, 0.29) is 13.0 Å². The van der Waals surface area contributed by atoms with Gasteiger partial charge in [-0.1, -0.05) is 18.2 Å². The van der Waals surface area contributed by atoms with Gasteiger partial charge in [-0.3, -0.25) is 14.3 Å². The zero-order valence-electron chi connectivity index (χ0n) is 13.5. The molecule has 8 heteroatoms. The van der Waals surface area contributed by atoms with Crippen LogP contribution in [0.1, 0.15) is 28.6 Å². The molecule has 0 bridgehead atoms. The van der Waals surface area contributed by atoms with Crippen molar-refractivity contribution in [2.75, 3.05) is 6.61 Å². The monoisotopic (exact) mass is 346 g/mol. The zero-order chi connectivity index (χ0) is 18.0. The fraction of sp³-hybridized carbons (Fsp3) is 0.353. The number of rotatable bonds is 4. The fourth-order valence-electron chi connectivity index (χ4n) is 2.65. The van der Waals surface area contributed by atoms with Crippen molar-refractivity contribution in [1.29, 1.82) is 0 Å². The molecule has 1 aromatic heterocycles. The molecule has 1 aliphatic heterocycles. The lowest BCUT2D eigenvalue weighted by Gasteiger charge is -2.16. The first-order chi connectivity index (χ1) is 12.0. The highest BCUT2D eigenvalue weighted by atomic mass is 16.6. The van der Waals surface area contributed by atoms with E-state index in [0.717, 1.165) is 0 Å². The van der Waals surface area contributed by atoms with E-state index < -0.39 is 35.7 Å². The van der Waals surface area contributed by atoms with E-state index in [1.165, 1.54) is 10.8 Å². The first kappa shape index (κ1) is 17.1. The Morgan fingerprint density at radius 2 is 2.08 bits per heavy atom. The van der Waals surface area contributed by atoms with Crippen LogP contribution in [0.2, 0.25) is 0 Å². The molecule has 3 rings (SSSR count). The molecule has 0 saturated carbocycles. The van der Waals surface area contributed by atoms with E-state index in [1.807, 2.05) is 0 Å². The average molecular weight is 346 g/mol. The van der Waals surface area contributed by atoms with Crippen LogP contribution in [0.15, 0.2) is 46.1 Å². The number of ether oxygens (including phenoxy) is 2. The molecule has 0 aliphatic carbocycles. The van der Waals surface area contributed by atoms with E-state index in [2.05, 4.69) is 4.98 Å². The van der Waals surface area contributed by atoms with Crippen LogP contribution in [0.5, 0.6) is 0 Å². The summed E-state index contributed by atoms with van der Waals surface area (Å²) in [6.45, 7) is 1.43. The Kier molecular flexibility index (Phi) is 4.82. The van der Waals surface area contributed by atoms with E-state index >= 15 is 0 Å². The van der Waals surface area contributed by atoms with E-state index in [0.29, 0.717) is 11.1 Å². The summed E-state index contributed by atoms with van der Waals surface area (Å²) in [5.41, 5.74) is -0.321. The maximum Gasteiger partial charge on any atom is 0.338 e. The number of carbonyl (C=O) groups excluding carboxylic acids is 1. The smallest absolute Gasteiger partial charge is 0.338 e. The number of nitrogens with one attached hydrogen (secondary N) is 1. The summed E-state index contributed by atoms with van der Waals surface area (Å²) in [6.07, 6.45) is -0.849. The van der Waals surface area contributed by atoms with Crippen molar-refractivity contribution in [1.82, 2.24) is 9.55 Å². The molecule has 1 saturated heterocycles. The van der Waals surface area contributed by atoms with Gasteiger partial charge in [0.25, 0.3) is 5.56 Å². The lowest BCUT2D eigenvalue weighted by molar-refractivity contribution is -0.0532. The van der Waals surface area contributed by atoms with Crippen molar-refractivity contribution in [2.45, 2.75) is 31.8 Å². The van der Waals surface area contributed by atoms with Gasteiger partial charge in [0.1, 0.15) is 18.9 Å². The number of esters is 1. The topological polar surface area (TPSA) is 111 Å². The van der Waals surface area contributed by atoms with Gasteiger partial charge >= 0.3 is 11.7 Å². The number of hydrogen-bond acceptors (Lipinski definition) is 6. The molecule has 0 radical (unpaired) electrons. The minimum Gasteiger partial charge on any atom is -0.459 e. The van der Waals surface area contributed by atoms with Gasteiger partial charge in [0.2, 0.25) is 0 Å². The number of H-pyrrole nitrogens is 1. The van der Waals surface area contributed by atoms with Gasteiger partial charge in [-0.25, -0.2) is 9.59 Å². The SMILES string of the molecule is Cc1cn([C@@H]2C[C@@H](O)[C@@H](COC(=O)c3ccccc3)O2)c(=O)[nH]c1=O. The standard InChI is InChI=1S/C17H18N2O6/c1-10-8-19(17(23)18-15(10)21)14-7-12(20)13(25-14)9-24-16(22)11-5-3-2-4-6-11/h2-6,8,12-14,20H,7,9H2,1H3,(H,18,21,23)/t12-,13-,14+/m1/s1. The molecule has 25 heavy (non-hydrogen) atoms. The predicted molar refractivity (Wildman–Crippen MR) is 87.3 cm³/mol. The third-order valence-electron chi connectivity index (χ3n) is 4.05. The van der Waals surface area contributed by atoms with E-state index in [9.17, 15) is 19.5 Å². The highest BCUT2D eigenvalue weighted by Gasteiger charge is 2.36. The van der Waals surface area contributed by atoms with Gasteiger partial charge in [0, 0.05) is 18.2 Å². The molecule has 8 nitrogen and oxygen atoms in total. The Morgan fingerprint density at radius 1 is 1.36 bits per heavy atom. The third-order valence-corrected chi connectivity index (χ3v) is 4.05. The summed E-state index contributed by atoms with van der Waals surface area (Å²) >= 11 is 0. The molecular weight excluding hydrogens is 328 g/mol. The predicted octanol–water partition coefficient (Wildman–Crippen LogP) is 0.350. The number of benzene rings is 1. The van der Waals surface area contributed by atoms with Crippen LogP contribution in [-0.2, 0) is 9.47 Å². The summed E-state index contributed by atoms with van der Waals surface area (Å²) in [7, 11) is 0. The summed E-state index contributed by atoms with van der Waals surface area (Å²) in [5.74, 6) is -0.517. The quantitative estimate of drug-likeness (QED) is 0.773. The van der Waals surface area contributed by atoms with Gasteiger partial charge in [-0.2, -0.15) is 0 Å². The summed E-state index contributed by atoms with van der Waals surface area (Å²) in [6, 6.07) is 8.48. The van der Waals surface area contributed by atoms with Crippen molar-refractivity contribution in [3.8, 4) is 0 Å². The molecule has 1 aromatic carbocycles. The fourth-order valence-corrected chi connectivity index (χ4v) is 2.65. The van der Waals surface area contributed by atoms with E-state index in [1.54, 1.807) is 37.3 Å². The Morgan fingerprint density at radius 3 is 2.80 bits per heavy atom. The van der Waals surface area contributed by atoms with Crippen LogP contribution >= 0.6 is 0 Å². The average Bonchev–Trinajstić information content (AvgIpc) is 2.97. The van der Waals surface area contributed by atoms with Gasteiger partial charge in [0.05, 0.1) is 11.7 Å². The van der Waals surface area contributed by atoms with Crippen LogP contribution in [0.25, 0.3) is 0 Å². The molecule has 2 heterocycles. The van der Waals surface area contributed by atoms with Crippen molar-refractivity contribution in [3.05, 3.63) is 68.5 Å². The number of nitrogens with zero attached hydrogens (tertiary/aromatic N) is 1. The number of aromatic nitrogens is 2. The van der Waals surface area contributed by atoms with Crippen molar-refractivity contribution < 1.29 is 19.4 Å². The molecule has 1 aliphatic rings.